The summed E-state index contributed by atoms with van der Waals surface area (Å²) in [5.41, 5.74) is 1.34. The molecule has 1 aliphatic carbocycles. The standard InChI is InChI=1S/C19H30N2O2/c1-23-19-8-6-16(7-9-19)14-20-11-12-21(17-4-2-3-5-17)18(15-20)10-13-22/h6-9,17-18,22H,2-5,10-15H2,1H3/t18-/m0/s1. The van der Waals surface area contributed by atoms with Gasteiger partial charge < -0.3 is 9.84 Å². The number of rotatable bonds is 6. The van der Waals surface area contributed by atoms with Gasteiger partial charge in [-0.05, 0) is 37.0 Å². The topological polar surface area (TPSA) is 35.9 Å². The van der Waals surface area contributed by atoms with E-state index in [1.807, 2.05) is 12.1 Å². The Morgan fingerprint density at radius 1 is 1.13 bits per heavy atom. The lowest BCUT2D eigenvalue weighted by Gasteiger charge is -2.44. The molecule has 1 N–H and O–H groups in total. The molecule has 4 nitrogen and oxygen atoms in total. The zero-order chi connectivity index (χ0) is 16.1. The van der Waals surface area contributed by atoms with Crippen LogP contribution >= 0.6 is 0 Å². The molecule has 0 radical (unpaired) electrons. The predicted molar refractivity (Wildman–Crippen MR) is 92.7 cm³/mol. The molecular weight excluding hydrogens is 288 g/mol. The third-order valence-corrected chi connectivity index (χ3v) is 5.43. The van der Waals surface area contributed by atoms with Crippen molar-refractivity contribution in [1.29, 1.82) is 0 Å². The van der Waals surface area contributed by atoms with Gasteiger partial charge in [0.1, 0.15) is 5.75 Å². The molecule has 4 heteroatoms. The van der Waals surface area contributed by atoms with Crippen LogP contribution in [-0.2, 0) is 6.54 Å². The SMILES string of the molecule is COc1ccc(CN2CCN(C3CCCC3)[C@@H](CCO)C2)cc1. The molecule has 2 aliphatic rings. The molecule has 128 valence electrons. The molecule has 1 aromatic carbocycles. The van der Waals surface area contributed by atoms with Crippen LogP contribution in [0, 0.1) is 0 Å². The second-order valence-electron chi connectivity index (χ2n) is 6.93. The molecule has 2 fully saturated rings. The summed E-state index contributed by atoms with van der Waals surface area (Å²) in [5.74, 6) is 0.915. The summed E-state index contributed by atoms with van der Waals surface area (Å²) < 4.78 is 5.23. The zero-order valence-electron chi connectivity index (χ0n) is 14.3. The Balaban J connectivity index is 1.59. The Kier molecular flexibility index (Phi) is 5.92. The summed E-state index contributed by atoms with van der Waals surface area (Å²) in [6, 6.07) is 9.65. The zero-order valence-corrected chi connectivity index (χ0v) is 14.3. The van der Waals surface area contributed by atoms with Crippen molar-refractivity contribution in [3.8, 4) is 5.75 Å². The quantitative estimate of drug-likeness (QED) is 0.874. The molecule has 1 heterocycles. The van der Waals surface area contributed by atoms with Gasteiger partial charge in [0.05, 0.1) is 7.11 Å². The fourth-order valence-electron chi connectivity index (χ4n) is 4.19. The van der Waals surface area contributed by atoms with Crippen molar-refractivity contribution < 1.29 is 9.84 Å². The summed E-state index contributed by atoms with van der Waals surface area (Å²) in [5, 5.41) is 9.45. The molecular formula is C19H30N2O2. The summed E-state index contributed by atoms with van der Waals surface area (Å²) in [4.78, 5) is 5.22. The molecule has 1 aliphatic heterocycles. The van der Waals surface area contributed by atoms with E-state index in [1.165, 1.54) is 31.2 Å². The molecule has 0 aromatic heterocycles. The molecule has 1 saturated heterocycles. The van der Waals surface area contributed by atoms with Crippen molar-refractivity contribution in [2.45, 2.75) is 50.7 Å². The van der Waals surface area contributed by atoms with Crippen molar-refractivity contribution in [3.05, 3.63) is 29.8 Å². The summed E-state index contributed by atoms with van der Waals surface area (Å²) in [7, 11) is 1.71. The van der Waals surface area contributed by atoms with E-state index < -0.39 is 0 Å². The van der Waals surface area contributed by atoms with Crippen LogP contribution in [0.2, 0.25) is 0 Å². The van der Waals surface area contributed by atoms with Crippen molar-refractivity contribution in [2.75, 3.05) is 33.4 Å². The maximum atomic E-state index is 9.45. The average Bonchev–Trinajstić information content (AvgIpc) is 3.10. The lowest BCUT2D eigenvalue weighted by molar-refractivity contribution is 0.0267. The smallest absolute Gasteiger partial charge is 0.118 e. The van der Waals surface area contributed by atoms with Crippen LogP contribution in [0.25, 0.3) is 0 Å². The number of aliphatic hydroxyl groups excluding tert-OH is 1. The minimum atomic E-state index is 0.296. The van der Waals surface area contributed by atoms with E-state index in [1.54, 1.807) is 7.11 Å². The fourth-order valence-corrected chi connectivity index (χ4v) is 4.19. The first-order valence-electron chi connectivity index (χ1n) is 9.02. The van der Waals surface area contributed by atoms with Crippen LogP contribution in [0.15, 0.2) is 24.3 Å². The van der Waals surface area contributed by atoms with E-state index in [2.05, 4.69) is 21.9 Å². The summed E-state index contributed by atoms with van der Waals surface area (Å²) in [6.07, 6.45) is 6.35. The van der Waals surface area contributed by atoms with Crippen molar-refractivity contribution in [1.82, 2.24) is 9.80 Å². The van der Waals surface area contributed by atoms with Gasteiger partial charge in [-0.25, -0.2) is 0 Å². The molecule has 1 aromatic rings. The minimum Gasteiger partial charge on any atom is -0.497 e. The van der Waals surface area contributed by atoms with Gasteiger partial charge in [-0.1, -0.05) is 25.0 Å². The number of piperazine rings is 1. The van der Waals surface area contributed by atoms with Gasteiger partial charge in [0.2, 0.25) is 0 Å². The lowest BCUT2D eigenvalue weighted by atomic mass is 10.0. The van der Waals surface area contributed by atoms with Crippen LogP contribution in [0.1, 0.15) is 37.7 Å². The minimum absolute atomic E-state index is 0.296. The molecule has 3 rings (SSSR count). The van der Waals surface area contributed by atoms with Gasteiger partial charge in [0.15, 0.2) is 0 Å². The highest BCUT2D eigenvalue weighted by atomic mass is 16.5. The number of nitrogens with zero attached hydrogens (tertiary/aromatic N) is 2. The van der Waals surface area contributed by atoms with Gasteiger partial charge in [-0.2, -0.15) is 0 Å². The second kappa shape index (κ2) is 8.13. The van der Waals surface area contributed by atoms with Crippen molar-refractivity contribution in [2.24, 2.45) is 0 Å². The molecule has 1 atom stereocenters. The second-order valence-corrected chi connectivity index (χ2v) is 6.93. The summed E-state index contributed by atoms with van der Waals surface area (Å²) in [6.45, 7) is 4.63. The van der Waals surface area contributed by atoms with E-state index in [9.17, 15) is 5.11 Å². The number of hydrogen-bond donors (Lipinski definition) is 1. The van der Waals surface area contributed by atoms with Gasteiger partial charge in [0, 0.05) is 44.9 Å². The van der Waals surface area contributed by atoms with Crippen molar-refractivity contribution >= 4 is 0 Å². The normalized spacial score (nSPS) is 24.2. The maximum absolute atomic E-state index is 9.45. The highest BCUT2D eigenvalue weighted by Gasteiger charge is 2.32. The van der Waals surface area contributed by atoms with Crippen LogP contribution in [0.4, 0.5) is 0 Å². The first-order valence-corrected chi connectivity index (χ1v) is 9.02. The van der Waals surface area contributed by atoms with Crippen molar-refractivity contribution in [3.63, 3.8) is 0 Å². The Bertz CT molecular complexity index is 471. The monoisotopic (exact) mass is 318 g/mol. The molecule has 1 saturated carbocycles. The Hall–Kier alpha value is -1.10. The van der Waals surface area contributed by atoms with E-state index in [-0.39, 0.29) is 0 Å². The molecule has 0 spiro atoms. The lowest BCUT2D eigenvalue weighted by Crippen LogP contribution is -2.55. The van der Waals surface area contributed by atoms with E-state index in [4.69, 9.17) is 4.74 Å². The molecule has 0 bridgehead atoms. The van der Waals surface area contributed by atoms with Gasteiger partial charge in [0.25, 0.3) is 0 Å². The van der Waals surface area contributed by atoms with E-state index >= 15 is 0 Å². The van der Waals surface area contributed by atoms with Gasteiger partial charge in [-0.15, -0.1) is 0 Å². The maximum Gasteiger partial charge on any atom is 0.118 e. The van der Waals surface area contributed by atoms with Crippen LogP contribution in [0.5, 0.6) is 5.75 Å². The van der Waals surface area contributed by atoms with Crippen LogP contribution in [-0.4, -0.2) is 60.3 Å². The van der Waals surface area contributed by atoms with E-state index in [0.717, 1.165) is 44.4 Å². The van der Waals surface area contributed by atoms with Crippen LogP contribution < -0.4 is 4.74 Å². The molecule has 0 unspecified atom stereocenters. The first-order chi connectivity index (χ1) is 11.3. The van der Waals surface area contributed by atoms with Gasteiger partial charge in [-0.3, -0.25) is 9.80 Å². The van der Waals surface area contributed by atoms with Crippen LogP contribution in [0.3, 0.4) is 0 Å². The van der Waals surface area contributed by atoms with E-state index in [0.29, 0.717) is 12.6 Å². The highest BCUT2D eigenvalue weighted by molar-refractivity contribution is 5.27. The first kappa shape index (κ1) is 16.7. The number of methoxy groups -OCH3 is 1. The number of hydrogen-bond acceptors (Lipinski definition) is 4. The average molecular weight is 318 g/mol. The predicted octanol–water partition coefficient (Wildman–Crippen LogP) is 2.51. The Morgan fingerprint density at radius 3 is 2.52 bits per heavy atom. The Labute approximate surface area is 140 Å². The third kappa shape index (κ3) is 4.25. The molecule has 23 heavy (non-hydrogen) atoms. The highest BCUT2D eigenvalue weighted by Crippen LogP contribution is 2.28. The number of aliphatic hydroxyl groups is 1. The van der Waals surface area contributed by atoms with Gasteiger partial charge >= 0.3 is 0 Å². The molecule has 0 amide bonds. The number of ether oxygens (including phenoxy) is 1. The summed E-state index contributed by atoms with van der Waals surface area (Å²) >= 11 is 0. The third-order valence-electron chi connectivity index (χ3n) is 5.43. The fraction of sp³-hybridized carbons (Fsp3) is 0.684. The number of benzene rings is 1. The largest absolute Gasteiger partial charge is 0.497 e. The Morgan fingerprint density at radius 2 is 1.87 bits per heavy atom.